The first-order chi connectivity index (χ1) is 12.6. The van der Waals surface area contributed by atoms with Gasteiger partial charge >= 0.3 is 0 Å². The topological polar surface area (TPSA) is 49.3 Å². The van der Waals surface area contributed by atoms with Crippen molar-refractivity contribution in [1.29, 1.82) is 0 Å². The van der Waals surface area contributed by atoms with Crippen molar-refractivity contribution in [3.05, 3.63) is 22.7 Å². The van der Waals surface area contributed by atoms with Crippen molar-refractivity contribution < 1.29 is 18.9 Å². The van der Waals surface area contributed by atoms with Crippen molar-refractivity contribution in [2.45, 2.75) is 44.8 Å². The number of ether oxygens (including phenoxy) is 4. The van der Waals surface area contributed by atoms with Crippen molar-refractivity contribution in [3.8, 4) is 11.5 Å². The minimum Gasteiger partial charge on any atom is -0.492 e. The number of methoxy groups -OCH3 is 1. The molecule has 1 unspecified atom stereocenters. The predicted molar refractivity (Wildman–Crippen MR) is 101 cm³/mol. The molecule has 1 atom stereocenters. The summed E-state index contributed by atoms with van der Waals surface area (Å²) >= 11 is 6.47. The minimum atomic E-state index is 0.0428. The van der Waals surface area contributed by atoms with Crippen LogP contribution >= 0.6 is 11.6 Å². The summed E-state index contributed by atoms with van der Waals surface area (Å²) in [5.74, 6) is 1.47. The van der Waals surface area contributed by atoms with Gasteiger partial charge in [0.1, 0.15) is 17.6 Å². The van der Waals surface area contributed by atoms with Crippen LogP contribution in [0.5, 0.6) is 11.5 Å². The van der Waals surface area contributed by atoms with Crippen LogP contribution in [0, 0.1) is 5.41 Å². The summed E-state index contributed by atoms with van der Waals surface area (Å²) in [5.41, 5.74) is 2.16. The Balaban J connectivity index is 1.60. The number of hydrogen-bond donors (Lipinski definition) is 0. The van der Waals surface area contributed by atoms with E-state index in [0.29, 0.717) is 30.0 Å². The molecule has 142 valence electrons. The lowest BCUT2D eigenvalue weighted by atomic mass is 9.78. The highest BCUT2D eigenvalue weighted by Crippen LogP contribution is 2.43. The summed E-state index contributed by atoms with van der Waals surface area (Å²) < 4.78 is 22.7. The van der Waals surface area contributed by atoms with E-state index in [4.69, 9.17) is 35.5 Å². The lowest BCUT2D eigenvalue weighted by Gasteiger charge is -2.46. The molecule has 0 spiro atoms. The largest absolute Gasteiger partial charge is 0.492 e. The average Bonchev–Trinajstić information content (AvgIpc) is 3.41. The van der Waals surface area contributed by atoms with Gasteiger partial charge < -0.3 is 18.9 Å². The Morgan fingerprint density at radius 1 is 1.27 bits per heavy atom. The van der Waals surface area contributed by atoms with Gasteiger partial charge in [0.25, 0.3) is 0 Å². The summed E-state index contributed by atoms with van der Waals surface area (Å²) in [6.45, 7) is 4.91. The molecule has 6 heteroatoms. The zero-order valence-electron chi connectivity index (χ0n) is 15.4. The lowest BCUT2D eigenvalue weighted by molar-refractivity contribution is -0.152. The second-order valence-corrected chi connectivity index (χ2v) is 8.15. The Bertz CT molecular complexity index is 697. The Kier molecular flexibility index (Phi) is 5.13. The summed E-state index contributed by atoms with van der Waals surface area (Å²) in [7, 11) is 1.69. The maximum absolute atomic E-state index is 6.47. The van der Waals surface area contributed by atoms with Crippen molar-refractivity contribution in [2.75, 3.05) is 33.5 Å². The quantitative estimate of drug-likeness (QED) is 0.674. The van der Waals surface area contributed by atoms with E-state index in [1.165, 1.54) is 12.8 Å². The fraction of sp³-hybridized carbons (Fsp3) is 0.650. The highest BCUT2D eigenvalue weighted by Gasteiger charge is 2.46. The third-order valence-electron chi connectivity index (χ3n) is 5.27. The van der Waals surface area contributed by atoms with Gasteiger partial charge in [0.05, 0.1) is 36.3 Å². The molecule has 2 heterocycles. The van der Waals surface area contributed by atoms with E-state index in [2.05, 4.69) is 6.92 Å². The Hall–Kier alpha value is -1.30. The average molecular weight is 380 g/mol. The maximum Gasteiger partial charge on any atom is 0.141 e. The zero-order chi connectivity index (χ0) is 18.1. The van der Waals surface area contributed by atoms with Crippen LogP contribution in [-0.2, 0) is 9.47 Å². The fourth-order valence-electron chi connectivity index (χ4n) is 3.38. The number of hydrogen-bond acceptors (Lipinski definition) is 5. The predicted octanol–water partition coefficient (Wildman–Crippen LogP) is 3.89. The summed E-state index contributed by atoms with van der Waals surface area (Å²) in [5, 5.41) is 0.602. The second-order valence-electron chi connectivity index (χ2n) is 7.74. The molecule has 2 aliphatic heterocycles. The maximum atomic E-state index is 6.47. The van der Waals surface area contributed by atoms with E-state index in [0.717, 1.165) is 43.1 Å². The smallest absolute Gasteiger partial charge is 0.141 e. The van der Waals surface area contributed by atoms with Crippen LogP contribution in [0.15, 0.2) is 17.1 Å². The molecule has 26 heavy (non-hydrogen) atoms. The van der Waals surface area contributed by atoms with Crippen LogP contribution in [0.4, 0.5) is 0 Å². The molecule has 1 saturated carbocycles. The normalized spacial score (nSPS) is 25.3. The van der Waals surface area contributed by atoms with E-state index in [-0.39, 0.29) is 11.5 Å². The molecule has 2 fully saturated rings. The van der Waals surface area contributed by atoms with Crippen LogP contribution in [-0.4, -0.2) is 51.4 Å². The second kappa shape index (κ2) is 7.37. The van der Waals surface area contributed by atoms with Crippen molar-refractivity contribution in [2.24, 2.45) is 10.4 Å². The van der Waals surface area contributed by atoms with Gasteiger partial charge in [-0.1, -0.05) is 18.5 Å². The Morgan fingerprint density at radius 3 is 2.73 bits per heavy atom. The molecule has 1 aliphatic carbocycles. The number of halogens is 1. The fourth-order valence-corrected chi connectivity index (χ4v) is 3.60. The van der Waals surface area contributed by atoms with Gasteiger partial charge in [-0.25, -0.2) is 0 Å². The van der Waals surface area contributed by atoms with Gasteiger partial charge in [-0.15, -0.1) is 0 Å². The van der Waals surface area contributed by atoms with Gasteiger partial charge in [0.2, 0.25) is 0 Å². The summed E-state index contributed by atoms with van der Waals surface area (Å²) in [6.07, 6.45) is 4.06. The molecule has 4 rings (SSSR count). The first-order valence-corrected chi connectivity index (χ1v) is 9.73. The molecule has 5 nitrogen and oxygen atoms in total. The molecule has 0 N–H and O–H groups in total. The van der Waals surface area contributed by atoms with Gasteiger partial charge in [-0.05, 0) is 18.9 Å². The number of benzene rings is 1. The highest BCUT2D eigenvalue weighted by atomic mass is 35.5. The molecule has 0 radical (unpaired) electrons. The van der Waals surface area contributed by atoms with Crippen molar-refractivity contribution in [1.82, 2.24) is 0 Å². The van der Waals surface area contributed by atoms with Crippen LogP contribution in [0.1, 0.15) is 38.2 Å². The molecular weight excluding hydrogens is 354 g/mol. The van der Waals surface area contributed by atoms with E-state index in [1.807, 2.05) is 12.1 Å². The van der Waals surface area contributed by atoms with Gasteiger partial charge in [0.15, 0.2) is 0 Å². The standard InChI is InChI=1S/C20H26ClNO4/c1-20(11-24-12-20)19-9-16(22-13-4-5-13)14-8-15(21)18(10-17(14)26-19)25-7-3-6-23-2/h8,10,13,19H,3-7,9,11-12H2,1-2H3. The molecule has 0 bridgehead atoms. The molecule has 1 aromatic carbocycles. The lowest BCUT2D eigenvalue weighted by Crippen LogP contribution is -2.53. The van der Waals surface area contributed by atoms with Crippen LogP contribution in [0.25, 0.3) is 0 Å². The summed E-state index contributed by atoms with van der Waals surface area (Å²) in [4.78, 5) is 4.95. The van der Waals surface area contributed by atoms with E-state index in [1.54, 1.807) is 7.11 Å². The van der Waals surface area contributed by atoms with Gasteiger partial charge in [-0.2, -0.15) is 0 Å². The van der Waals surface area contributed by atoms with Crippen molar-refractivity contribution >= 4 is 17.3 Å². The van der Waals surface area contributed by atoms with E-state index in [9.17, 15) is 0 Å². The number of aliphatic imine (C=N–C) groups is 1. The van der Waals surface area contributed by atoms with Crippen LogP contribution in [0.3, 0.4) is 0 Å². The minimum absolute atomic E-state index is 0.0428. The van der Waals surface area contributed by atoms with Gasteiger partial charge in [-0.3, -0.25) is 4.99 Å². The van der Waals surface area contributed by atoms with Crippen LogP contribution < -0.4 is 9.47 Å². The Labute approximate surface area is 159 Å². The number of rotatable bonds is 7. The van der Waals surface area contributed by atoms with Crippen molar-refractivity contribution in [3.63, 3.8) is 0 Å². The third-order valence-corrected chi connectivity index (χ3v) is 5.56. The third kappa shape index (κ3) is 3.71. The molecule has 3 aliphatic rings. The number of nitrogens with zero attached hydrogens (tertiary/aromatic N) is 1. The molecule has 0 aromatic heterocycles. The molecular formula is C20H26ClNO4. The number of fused-ring (bicyclic) bond motifs is 1. The zero-order valence-corrected chi connectivity index (χ0v) is 16.2. The first-order valence-electron chi connectivity index (χ1n) is 9.36. The van der Waals surface area contributed by atoms with E-state index < -0.39 is 0 Å². The monoisotopic (exact) mass is 379 g/mol. The molecule has 0 amide bonds. The Morgan fingerprint density at radius 2 is 2.08 bits per heavy atom. The summed E-state index contributed by atoms with van der Waals surface area (Å²) in [6, 6.07) is 4.33. The van der Waals surface area contributed by atoms with E-state index >= 15 is 0 Å². The first kappa shape index (κ1) is 18.1. The molecule has 1 saturated heterocycles. The highest BCUT2D eigenvalue weighted by molar-refractivity contribution is 6.32. The van der Waals surface area contributed by atoms with Crippen LogP contribution in [0.2, 0.25) is 5.02 Å². The SMILES string of the molecule is COCCCOc1cc2c(cc1Cl)C(=NC1CC1)CC(C1(C)COC1)O2. The van der Waals surface area contributed by atoms with Gasteiger partial charge in [0, 0.05) is 43.9 Å². The molecule has 1 aromatic rings.